The molecule has 0 saturated carbocycles. The molecule has 0 rings (SSSR count). The summed E-state index contributed by atoms with van der Waals surface area (Å²) in [4.78, 5) is 8.89. The molecule has 0 aromatic rings. The first-order valence-corrected chi connectivity index (χ1v) is 0.908. The van der Waals surface area contributed by atoms with Gasteiger partial charge in [-0.05, 0) is 6.92 Å². The van der Waals surface area contributed by atoms with Crippen LogP contribution in [0.15, 0.2) is 0 Å². The minimum atomic E-state index is -1.08. The standard InChI is InChI=1S/C2H4O2.Cs.Li.H/c1-2(3)4;;;/h1H3,(H,3,4);;;/q;+1;;/p-1. The SMILES string of the molecule is CC(=O)[O-].[Cs+].[LiH]. The Labute approximate surface area is 108 Å². The van der Waals surface area contributed by atoms with Crippen LogP contribution >= 0.6 is 0 Å². The molecular formula is C2H4CsLiO2. The van der Waals surface area contributed by atoms with E-state index in [4.69, 9.17) is 9.90 Å². The van der Waals surface area contributed by atoms with Crippen LogP contribution in [0.1, 0.15) is 6.92 Å². The maximum atomic E-state index is 8.89. The molecule has 26 valence electrons. The molecule has 0 spiro atoms. The number of rotatable bonds is 0. The summed E-state index contributed by atoms with van der Waals surface area (Å²) < 4.78 is 0. The Morgan fingerprint density at radius 1 is 1.67 bits per heavy atom. The van der Waals surface area contributed by atoms with Crippen LogP contribution in [-0.4, -0.2) is 24.8 Å². The third-order valence-corrected chi connectivity index (χ3v) is 0. The van der Waals surface area contributed by atoms with Crippen LogP contribution < -0.4 is 74.0 Å². The van der Waals surface area contributed by atoms with Crippen LogP contribution in [0, 0.1) is 0 Å². The molecule has 0 aliphatic rings. The number of carboxylic acids is 1. The molecule has 2 nitrogen and oxygen atoms in total. The Kier molecular flexibility index (Phi) is 26.6. The van der Waals surface area contributed by atoms with Crippen molar-refractivity contribution in [3.63, 3.8) is 0 Å². The fourth-order valence-electron chi connectivity index (χ4n) is 0. The second-order valence-electron chi connectivity index (χ2n) is 0.492. The van der Waals surface area contributed by atoms with Gasteiger partial charge in [0.2, 0.25) is 0 Å². The zero-order valence-corrected chi connectivity index (χ0v) is 9.60. The molecule has 0 bridgehead atoms. The van der Waals surface area contributed by atoms with E-state index in [1.165, 1.54) is 0 Å². The molecule has 0 aromatic heterocycles. The summed E-state index contributed by atoms with van der Waals surface area (Å²) in [6.45, 7) is 0.972. The second-order valence-corrected chi connectivity index (χ2v) is 0.492. The number of carboxylic acid groups (broad SMARTS) is 1. The van der Waals surface area contributed by atoms with Crippen molar-refractivity contribution in [3.05, 3.63) is 0 Å². The zero-order valence-electron chi connectivity index (χ0n) is 3.32. The molecule has 0 aromatic carbocycles. The molecule has 6 heavy (non-hydrogen) atoms. The van der Waals surface area contributed by atoms with Gasteiger partial charge < -0.3 is 9.90 Å². The molecule has 0 amide bonds. The summed E-state index contributed by atoms with van der Waals surface area (Å²) in [6, 6.07) is 0. The quantitative estimate of drug-likeness (QED) is 0.368. The van der Waals surface area contributed by atoms with Crippen LogP contribution in [0.2, 0.25) is 0 Å². The van der Waals surface area contributed by atoms with E-state index in [1.54, 1.807) is 0 Å². The van der Waals surface area contributed by atoms with Crippen molar-refractivity contribution in [1.29, 1.82) is 0 Å². The molecule has 0 fully saturated rings. The fourth-order valence-corrected chi connectivity index (χ4v) is 0. The van der Waals surface area contributed by atoms with Gasteiger partial charge in [-0.3, -0.25) is 0 Å². The minimum absolute atomic E-state index is 0. The van der Waals surface area contributed by atoms with Crippen molar-refractivity contribution in [2.24, 2.45) is 0 Å². The van der Waals surface area contributed by atoms with E-state index in [0.29, 0.717) is 0 Å². The van der Waals surface area contributed by atoms with Gasteiger partial charge in [-0.15, -0.1) is 0 Å². The van der Waals surface area contributed by atoms with Gasteiger partial charge >= 0.3 is 87.8 Å². The monoisotopic (exact) mass is 200 g/mol. The predicted molar refractivity (Wildman–Crippen MR) is 17.8 cm³/mol. The van der Waals surface area contributed by atoms with E-state index in [9.17, 15) is 0 Å². The van der Waals surface area contributed by atoms with E-state index in [1.807, 2.05) is 0 Å². The summed E-state index contributed by atoms with van der Waals surface area (Å²) in [7, 11) is 0. The van der Waals surface area contributed by atoms with E-state index in [0.717, 1.165) is 6.92 Å². The first-order chi connectivity index (χ1) is 1.73. The third-order valence-electron chi connectivity index (χ3n) is 0. The van der Waals surface area contributed by atoms with E-state index in [-0.39, 0.29) is 87.8 Å². The van der Waals surface area contributed by atoms with Gasteiger partial charge in [0, 0.05) is 5.97 Å². The van der Waals surface area contributed by atoms with Crippen LogP contribution in [0.4, 0.5) is 0 Å². The topological polar surface area (TPSA) is 40.1 Å². The number of hydrogen-bond acceptors (Lipinski definition) is 2. The Hall–Kier alpha value is 2.12. The van der Waals surface area contributed by atoms with Gasteiger partial charge in [0.1, 0.15) is 0 Å². The molecule has 0 radical (unpaired) electrons. The first-order valence-electron chi connectivity index (χ1n) is 0.908. The van der Waals surface area contributed by atoms with E-state index >= 15 is 0 Å². The van der Waals surface area contributed by atoms with Gasteiger partial charge in [-0.1, -0.05) is 0 Å². The second kappa shape index (κ2) is 10.2. The van der Waals surface area contributed by atoms with Gasteiger partial charge in [-0.25, -0.2) is 0 Å². The molecule has 0 saturated heterocycles. The average Bonchev–Trinajstić information content (AvgIpc) is 0.811. The number of aliphatic carboxylic acids is 1. The molecule has 0 aliphatic heterocycles. The summed E-state index contributed by atoms with van der Waals surface area (Å²) in [5, 5.41) is 8.89. The van der Waals surface area contributed by atoms with Crippen LogP contribution in [0.5, 0.6) is 0 Å². The van der Waals surface area contributed by atoms with Crippen molar-refractivity contribution in [2.45, 2.75) is 6.92 Å². The fraction of sp³-hybridized carbons (Fsp3) is 0.500. The third kappa shape index (κ3) is 35.7. The van der Waals surface area contributed by atoms with E-state index < -0.39 is 5.97 Å². The van der Waals surface area contributed by atoms with Crippen LogP contribution in [0.25, 0.3) is 0 Å². The van der Waals surface area contributed by atoms with Crippen molar-refractivity contribution in [1.82, 2.24) is 0 Å². The van der Waals surface area contributed by atoms with Gasteiger partial charge in [-0.2, -0.15) is 0 Å². The zero-order chi connectivity index (χ0) is 3.58. The van der Waals surface area contributed by atoms with E-state index in [2.05, 4.69) is 0 Å². The Morgan fingerprint density at radius 3 is 1.67 bits per heavy atom. The van der Waals surface area contributed by atoms with Crippen LogP contribution in [0.3, 0.4) is 0 Å². The van der Waals surface area contributed by atoms with Gasteiger partial charge in [0.25, 0.3) is 0 Å². The molecule has 0 unspecified atom stereocenters. The summed E-state index contributed by atoms with van der Waals surface area (Å²) in [5.41, 5.74) is 0. The Morgan fingerprint density at radius 2 is 1.67 bits per heavy atom. The van der Waals surface area contributed by atoms with Crippen molar-refractivity contribution >= 4 is 24.8 Å². The first kappa shape index (κ1) is 15.7. The molecular weight excluding hydrogens is 196 g/mol. The number of hydrogen-bond donors (Lipinski definition) is 0. The van der Waals surface area contributed by atoms with Crippen molar-refractivity contribution < 1.29 is 78.8 Å². The molecule has 0 N–H and O–H groups in total. The molecule has 0 heterocycles. The van der Waals surface area contributed by atoms with Crippen molar-refractivity contribution in [2.75, 3.05) is 0 Å². The summed E-state index contributed by atoms with van der Waals surface area (Å²) in [6.07, 6.45) is 0. The van der Waals surface area contributed by atoms with Crippen LogP contribution in [-0.2, 0) is 4.79 Å². The van der Waals surface area contributed by atoms with Crippen molar-refractivity contribution in [3.8, 4) is 0 Å². The number of carbonyl (C=O) groups excluding carboxylic acids is 1. The van der Waals surface area contributed by atoms with Gasteiger partial charge in [0.05, 0.1) is 0 Å². The molecule has 4 heteroatoms. The summed E-state index contributed by atoms with van der Waals surface area (Å²) in [5.74, 6) is -1.08. The molecule has 0 aliphatic carbocycles. The normalized spacial score (nSPS) is 4.17. The Bertz CT molecular complexity index is 34.5. The van der Waals surface area contributed by atoms with Gasteiger partial charge in [0.15, 0.2) is 0 Å². The summed E-state index contributed by atoms with van der Waals surface area (Å²) >= 11 is 0. The number of carbonyl (C=O) groups is 1. The predicted octanol–water partition coefficient (Wildman–Crippen LogP) is -4.89. The molecule has 0 atom stereocenters. The Balaban J connectivity index is -0.0000000450. The maximum absolute atomic E-state index is 8.89. The average molecular weight is 200 g/mol.